The van der Waals surface area contributed by atoms with Crippen LogP contribution in [0.2, 0.25) is 0 Å². The molecule has 3 aromatic rings. The van der Waals surface area contributed by atoms with Gasteiger partial charge in [0.15, 0.2) is 5.65 Å². The van der Waals surface area contributed by atoms with Crippen molar-refractivity contribution in [1.29, 1.82) is 0 Å². The molecule has 0 fully saturated rings. The minimum atomic E-state index is 0.656. The second-order valence-corrected chi connectivity index (χ2v) is 4.44. The van der Waals surface area contributed by atoms with Crippen LogP contribution in [0.25, 0.3) is 22.6 Å². The molecule has 2 heterocycles. The van der Waals surface area contributed by atoms with Crippen molar-refractivity contribution < 1.29 is 0 Å². The summed E-state index contributed by atoms with van der Waals surface area (Å²) < 4.78 is 0.849. The van der Waals surface area contributed by atoms with Gasteiger partial charge >= 0.3 is 0 Å². The van der Waals surface area contributed by atoms with Gasteiger partial charge in [-0.2, -0.15) is 0 Å². The Morgan fingerprint density at radius 1 is 1.29 bits per heavy atom. The normalized spacial score (nSPS) is 10.9. The van der Waals surface area contributed by atoms with Gasteiger partial charge in [-0.05, 0) is 34.1 Å². The van der Waals surface area contributed by atoms with Gasteiger partial charge in [0.1, 0.15) is 17.7 Å². The van der Waals surface area contributed by atoms with Crippen LogP contribution < -0.4 is 5.73 Å². The van der Waals surface area contributed by atoms with Crippen LogP contribution in [-0.4, -0.2) is 19.9 Å². The molecule has 0 aliphatic heterocycles. The topological polar surface area (TPSA) is 80.5 Å². The molecule has 0 amide bonds. The van der Waals surface area contributed by atoms with E-state index in [4.69, 9.17) is 5.73 Å². The maximum atomic E-state index is 5.74. The van der Waals surface area contributed by atoms with Gasteiger partial charge in [0.2, 0.25) is 0 Å². The number of nitrogen functional groups attached to an aromatic ring is 1. The summed E-state index contributed by atoms with van der Waals surface area (Å²) in [5.74, 6) is 0.751. The quantitative estimate of drug-likeness (QED) is 0.674. The minimum Gasteiger partial charge on any atom is -0.398 e. The van der Waals surface area contributed by atoms with Crippen LogP contribution >= 0.6 is 15.9 Å². The Morgan fingerprint density at radius 3 is 2.94 bits per heavy atom. The SMILES string of the molecule is Nc1ccc(-c2nc3ncncc3[nH]2)cc1Br. The predicted octanol–water partition coefficient (Wildman–Crippen LogP) is 2.36. The van der Waals surface area contributed by atoms with Gasteiger partial charge in [-0.1, -0.05) is 0 Å². The highest BCUT2D eigenvalue weighted by molar-refractivity contribution is 9.10. The van der Waals surface area contributed by atoms with Crippen LogP contribution in [-0.2, 0) is 0 Å². The van der Waals surface area contributed by atoms with Gasteiger partial charge in [-0.15, -0.1) is 0 Å². The number of halogens is 1. The fourth-order valence-corrected chi connectivity index (χ4v) is 1.95. The first-order valence-corrected chi connectivity index (χ1v) is 5.74. The molecule has 0 atom stereocenters. The molecule has 0 aliphatic carbocycles. The van der Waals surface area contributed by atoms with Gasteiger partial charge in [-0.3, -0.25) is 0 Å². The zero-order valence-electron chi connectivity index (χ0n) is 8.68. The van der Waals surface area contributed by atoms with Gasteiger partial charge in [0.05, 0.1) is 6.20 Å². The number of fused-ring (bicyclic) bond motifs is 1. The van der Waals surface area contributed by atoms with E-state index in [-0.39, 0.29) is 0 Å². The Bertz CT molecular complexity index is 658. The van der Waals surface area contributed by atoms with E-state index < -0.39 is 0 Å². The standard InChI is InChI=1S/C11H8BrN5/c12-7-3-6(1-2-8(7)13)10-16-9-4-14-5-15-11(9)17-10/h1-5H,13H2,(H,14,15,16,17). The smallest absolute Gasteiger partial charge is 0.181 e. The van der Waals surface area contributed by atoms with Gasteiger partial charge in [-0.25, -0.2) is 15.0 Å². The molecule has 0 radical (unpaired) electrons. The summed E-state index contributed by atoms with van der Waals surface area (Å²) in [4.78, 5) is 15.6. The summed E-state index contributed by atoms with van der Waals surface area (Å²) in [6, 6.07) is 5.66. The van der Waals surface area contributed by atoms with Crippen molar-refractivity contribution in [3.05, 3.63) is 35.2 Å². The Hall–Kier alpha value is -1.95. The van der Waals surface area contributed by atoms with Crippen LogP contribution in [0.5, 0.6) is 0 Å². The average molecular weight is 290 g/mol. The Labute approximate surface area is 105 Å². The zero-order valence-corrected chi connectivity index (χ0v) is 10.3. The molecule has 17 heavy (non-hydrogen) atoms. The number of nitrogens with two attached hydrogens (primary N) is 1. The van der Waals surface area contributed by atoms with E-state index in [9.17, 15) is 0 Å². The largest absolute Gasteiger partial charge is 0.398 e. The van der Waals surface area contributed by atoms with Crippen molar-refractivity contribution in [3.8, 4) is 11.4 Å². The summed E-state index contributed by atoms with van der Waals surface area (Å²) in [6.07, 6.45) is 3.18. The average Bonchev–Trinajstić information content (AvgIpc) is 2.76. The molecule has 84 valence electrons. The first kappa shape index (κ1) is 10.2. The Kier molecular flexibility index (Phi) is 2.29. The number of H-pyrrole nitrogens is 1. The third-order valence-electron chi connectivity index (χ3n) is 2.44. The highest BCUT2D eigenvalue weighted by Gasteiger charge is 2.07. The molecule has 0 saturated heterocycles. The van der Waals surface area contributed by atoms with E-state index in [0.717, 1.165) is 21.4 Å². The second-order valence-electron chi connectivity index (χ2n) is 3.58. The number of benzene rings is 1. The number of nitrogens with one attached hydrogen (secondary N) is 1. The van der Waals surface area contributed by atoms with Crippen molar-refractivity contribution in [2.75, 3.05) is 5.73 Å². The number of aromatic nitrogens is 4. The fraction of sp³-hybridized carbons (Fsp3) is 0. The first-order valence-electron chi connectivity index (χ1n) is 4.95. The third-order valence-corrected chi connectivity index (χ3v) is 3.12. The Balaban J connectivity index is 2.17. The maximum absolute atomic E-state index is 5.74. The summed E-state index contributed by atoms with van der Waals surface area (Å²) >= 11 is 3.39. The molecular weight excluding hydrogens is 282 g/mol. The molecule has 0 aliphatic rings. The molecule has 6 heteroatoms. The molecule has 0 unspecified atom stereocenters. The van der Waals surface area contributed by atoms with E-state index in [1.54, 1.807) is 6.20 Å². The summed E-state index contributed by atoms with van der Waals surface area (Å²) in [5.41, 5.74) is 8.86. The Morgan fingerprint density at radius 2 is 2.18 bits per heavy atom. The number of hydrogen-bond donors (Lipinski definition) is 2. The molecule has 5 nitrogen and oxygen atoms in total. The molecule has 0 bridgehead atoms. The molecular formula is C11H8BrN5. The maximum Gasteiger partial charge on any atom is 0.181 e. The number of aromatic amines is 1. The van der Waals surface area contributed by atoms with Crippen LogP contribution in [0.4, 0.5) is 5.69 Å². The van der Waals surface area contributed by atoms with E-state index in [1.165, 1.54) is 6.33 Å². The zero-order chi connectivity index (χ0) is 11.8. The van der Waals surface area contributed by atoms with Crippen LogP contribution in [0, 0.1) is 0 Å². The van der Waals surface area contributed by atoms with Crippen molar-refractivity contribution in [2.45, 2.75) is 0 Å². The predicted molar refractivity (Wildman–Crippen MR) is 69.2 cm³/mol. The molecule has 0 spiro atoms. The second kappa shape index (κ2) is 3.81. The van der Waals surface area contributed by atoms with Crippen molar-refractivity contribution in [3.63, 3.8) is 0 Å². The van der Waals surface area contributed by atoms with Crippen molar-refractivity contribution in [1.82, 2.24) is 19.9 Å². The number of hydrogen-bond acceptors (Lipinski definition) is 4. The lowest BCUT2D eigenvalue weighted by Gasteiger charge is -2.00. The summed E-state index contributed by atoms with van der Waals surface area (Å²) in [5, 5.41) is 0. The molecule has 3 rings (SSSR count). The summed E-state index contributed by atoms with van der Waals surface area (Å²) in [6.45, 7) is 0. The monoisotopic (exact) mass is 289 g/mol. The fourth-order valence-electron chi connectivity index (χ4n) is 1.57. The lowest BCUT2D eigenvalue weighted by molar-refractivity contribution is 1.20. The van der Waals surface area contributed by atoms with Gasteiger partial charge in [0.25, 0.3) is 0 Å². The van der Waals surface area contributed by atoms with E-state index >= 15 is 0 Å². The van der Waals surface area contributed by atoms with Crippen LogP contribution in [0.15, 0.2) is 35.2 Å². The van der Waals surface area contributed by atoms with Crippen LogP contribution in [0.3, 0.4) is 0 Å². The highest BCUT2D eigenvalue weighted by atomic mass is 79.9. The minimum absolute atomic E-state index is 0.656. The lowest BCUT2D eigenvalue weighted by atomic mass is 10.2. The summed E-state index contributed by atoms with van der Waals surface area (Å²) in [7, 11) is 0. The van der Waals surface area contributed by atoms with E-state index in [0.29, 0.717) is 11.3 Å². The van der Waals surface area contributed by atoms with Crippen LogP contribution in [0.1, 0.15) is 0 Å². The van der Waals surface area contributed by atoms with Crippen molar-refractivity contribution in [2.24, 2.45) is 0 Å². The highest BCUT2D eigenvalue weighted by Crippen LogP contribution is 2.26. The molecule has 3 N–H and O–H groups in total. The number of anilines is 1. The van der Waals surface area contributed by atoms with E-state index in [1.807, 2.05) is 18.2 Å². The van der Waals surface area contributed by atoms with E-state index in [2.05, 4.69) is 35.9 Å². The van der Waals surface area contributed by atoms with Gasteiger partial charge < -0.3 is 10.7 Å². The van der Waals surface area contributed by atoms with Crippen molar-refractivity contribution >= 4 is 32.8 Å². The number of rotatable bonds is 1. The molecule has 1 aromatic carbocycles. The van der Waals surface area contributed by atoms with Gasteiger partial charge in [0, 0.05) is 15.7 Å². The molecule has 2 aromatic heterocycles. The number of nitrogens with zero attached hydrogens (tertiary/aromatic N) is 3. The molecule has 0 saturated carbocycles. The third kappa shape index (κ3) is 1.76. The first-order chi connectivity index (χ1) is 8.24. The number of imidazole rings is 1. The lowest BCUT2D eigenvalue weighted by Crippen LogP contribution is -1.87.